The minimum atomic E-state index is -0.593. The lowest BCUT2D eigenvalue weighted by Gasteiger charge is -2.05. The number of esters is 2. The molecule has 20 heavy (non-hydrogen) atoms. The van der Waals surface area contributed by atoms with Crippen LogP contribution in [-0.2, 0) is 14.3 Å². The molecule has 0 heterocycles. The fourth-order valence-corrected chi connectivity index (χ4v) is 1.41. The van der Waals surface area contributed by atoms with Gasteiger partial charge in [0.25, 0.3) is 0 Å². The summed E-state index contributed by atoms with van der Waals surface area (Å²) in [6.45, 7) is 3.80. The molecule has 0 amide bonds. The lowest BCUT2D eigenvalue weighted by molar-refractivity contribution is -0.143. The number of halogens is 1. The van der Waals surface area contributed by atoms with Crippen LogP contribution in [-0.4, -0.2) is 18.5 Å². The van der Waals surface area contributed by atoms with Crippen LogP contribution < -0.4 is 4.74 Å². The Kier molecular flexibility index (Phi) is 7.03. The van der Waals surface area contributed by atoms with Crippen molar-refractivity contribution in [2.75, 3.05) is 6.61 Å². The highest BCUT2D eigenvalue weighted by Gasteiger charge is 2.10. The van der Waals surface area contributed by atoms with Crippen molar-refractivity contribution >= 4 is 11.9 Å². The second-order valence-electron chi connectivity index (χ2n) is 4.06. The van der Waals surface area contributed by atoms with Crippen LogP contribution in [0, 0.1) is 5.82 Å². The number of carbonyl (C=O) groups is 2. The van der Waals surface area contributed by atoms with Gasteiger partial charge in [0.1, 0.15) is 0 Å². The standard InChI is InChI=1S/C15H17FO4/c1-2-3-11-19-14(17)9-6-10-15(18)20-13-8-5-4-7-12(13)16/h2,4-5,7-8H,1,3,6,9-11H2. The predicted octanol–water partition coefficient (Wildman–Crippen LogP) is 3.02. The summed E-state index contributed by atoms with van der Waals surface area (Å²) in [5.74, 6) is -1.64. The largest absolute Gasteiger partial charge is 0.465 e. The highest BCUT2D eigenvalue weighted by atomic mass is 19.1. The van der Waals surface area contributed by atoms with Crippen LogP contribution in [0.1, 0.15) is 25.7 Å². The van der Waals surface area contributed by atoms with Gasteiger partial charge in [-0.15, -0.1) is 6.58 Å². The van der Waals surface area contributed by atoms with Crippen LogP contribution in [0.25, 0.3) is 0 Å². The SMILES string of the molecule is C=CCCOC(=O)CCCC(=O)Oc1ccccc1F. The van der Waals surface area contributed by atoms with Crippen molar-refractivity contribution in [3.05, 3.63) is 42.7 Å². The number of hydrogen-bond acceptors (Lipinski definition) is 4. The van der Waals surface area contributed by atoms with E-state index in [1.807, 2.05) is 0 Å². The average Bonchev–Trinajstić information content (AvgIpc) is 2.42. The molecule has 0 aliphatic rings. The van der Waals surface area contributed by atoms with Gasteiger partial charge in [0.2, 0.25) is 0 Å². The van der Waals surface area contributed by atoms with Gasteiger partial charge in [0.05, 0.1) is 6.61 Å². The van der Waals surface area contributed by atoms with Crippen LogP contribution in [0.15, 0.2) is 36.9 Å². The van der Waals surface area contributed by atoms with Gasteiger partial charge in [-0.1, -0.05) is 18.2 Å². The summed E-state index contributed by atoms with van der Waals surface area (Å²) in [4.78, 5) is 22.7. The summed E-state index contributed by atoms with van der Waals surface area (Å²) >= 11 is 0. The van der Waals surface area contributed by atoms with Crippen LogP contribution in [0.5, 0.6) is 5.75 Å². The van der Waals surface area contributed by atoms with Gasteiger partial charge in [-0.25, -0.2) is 4.39 Å². The van der Waals surface area contributed by atoms with E-state index in [0.717, 1.165) is 0 Å². The van der Waals surface area contributed by atoms with E-state index in [4.69, 9.17) is 9.47 Å². The molecule has 0 spiro atoms. The number of rotatable bonds is 8. The second kappa shape index (κ2) is 8.85. The topological polar surface area (TPSA) is 52.6 Å². The number of benzene rings is 1. The third kappa shape index (κ3) is 6.13. The highest BCUT2D eigenvalue weighted by molar-refractivity contribution is 5.74. The summed E-state index contributed by atoms with van der Waals surface area (Å²) in [5, 5.41) is 0. The molecule has 5 heteroatoms. The summed E-state index contributed by atoms with van der Waals surface area (Å²) in [7, 11) is 0. The minimum absolute atomic E-state index is 0.0326. The van der Waals surface area contributed by atoms with E-state index in [1.165, 1.54) is 18.2 Å². The number of ether oxygens (including phenoxy) is 2. The smallest absolute Gasteiger partial charge is 0.311 e. The molecule has 0 bridgehead atoms. The lowest BCUT2D eigenvalue weighted by atomic mass is 10.2. The van der Waals surface area contributed by atoms with Gasteiger partial charge in [-0.05, 0) is 25.0 Å². The zero-order valence-electron chi connectivity index (χ0n) is 11.1. The van der Waals surface area contributed by atoms with E-state index in [2.05, 4.69) is 6.58 Å². The monoisotopic (exact) mass is 280 g/mol. The molecule has 0 N–H and O–H groups in total. The third-order valence-electron chi connectivity index (χ3n) is 2.41. The third-order valence-corrected chi connectivity index (χ3v) is 2.41. The molecular formula is C15H17FO4. The van der Waals surface area contributed by atoms with E-state index >= 15 is 0 Å². The first kappa shape index (κ1) is 15.9. The Hall–Kier alpha value is -2.17. The molecule has 1 aromatic rings. The maximum atomic E-state index is 13.2. The van der Waals surface area contributed by atoms with Gasteiger partial charge < -0.3 is 9.47 Å². The van der Waals surface area contributed by atoms with E-state index in [1.54, 1.807) is 12.1 Å². The average molecular weight is 280 g/mol. The zero-order chi connectivity index (χ0) is 14.8. The van der Waals surface area contributed by atoms with Crippen molar-refractivity contribution in [1.82, 2.24) is 0 Å². The number of para-hydroxylation sites is 1. The molecule has 0 saturated carbocycles. The number of carbonyl (C=O) groups excluding carboxylic acids is 2. The molecule has 0 aliphatic heterocycles. The first-order valence-electron chi connectivity index (χ1n) is 6.35. The molecule has 0 aliphatic carbocycles. The predicted molar refractivity (Wildman–Crippen MR) is 71.7 cm³/mol. The van der Waals surface area contributed by atoms with Crippen molar-refractivity contribution in [2.24, 2.45) is 0 Å². The maximum Gasteiger partial charge on any atom is 0.311 e. The van der Waals surface area contributed by atoms with Gasteiger partial charge in [-0.3, -0.25) is 9.59 Å². The second-order valence-corrected chi connectivity index (χ2v) is 4.06. The van der Waals surface area contributed by atoms with E-state index in [9.17, 15) is 14.0 Å². The van der Waals surface area contributed by atoms with Gasteiger partial charge in [0.15, 0.2) is 11.6 Å². The van der Waals surface area contributed by atoms with Crippen molar-refractivity contribution in [1.29, 1.82) is 0 Å². The van der Waals surface area contributed by atoms with Gasteiger partial charge in [0, 0.05) is 12.8 Å². The van der Waals surface area contributed by atoms with Crippen molar-refractivity contribution < 1.29 is 23.5 Å². The van der Waals surface area contributed by atoms with Crippen LogP contribution in [0.2, 0.25) is 0 Å². The molecule has 0 atom stereocenters. The summed E-state index contributed by atoms with van der Waals surface area (Å²) in [6, 6.07) is 5.66. The van der Waals surface area contributed by atoms with E-state index in [0.29, 0.717) is 19.4 Å². The Labute approximate surface area is 117 Å². The Morgan fingerprint density at radius 3 is 2.60 bits per heavy atom. The normalized spacial score (nSPS) is 9.85. The van der Waals surface area contributed by atoms with E-state index < -0.39 is 11.8 Å². The molecule has 0 saturated heterocycles. The number of hydrogen-bond donors (Lipinski definition) is 0. The Morgan fingerprint density at radius 2 is 1.90 bits per heavy atom. The van der Waals surface area contributed by atoms with E-state index in [-0.39, 0.29) is 24.6 Å². The molecule has 4 nitrogen and oxygen atoms in total. The van der Waals surface area contributed by atoms with Crippen molar-refractivity contribution in [3.8, 4) is 5.75 Å². The molecule has 0 aromatic heterocycles. The van der Waals surface area contributed by atoms with Crippen molar-refractivity contribution in [3.63, 3.8) is 0 Å². The molecule has 0 fully saturated rings. The van der Waals surface area contributed by atoms with Crippen molar-refractivity contribution in [2.45, 2.75) is 25.7 Å². The lowest BCUT2D eigenvalue weighted by Crippen LogP contribution is -2.11. The Bertz CT molecular complexity index is 471. The molecule has 1 aromatic carbocycles. The minimum Gasteiger partial charge on any atom is -0.465 e. The molecule has 0 unspecified atom stereocenters. The Balaban J connectivity index is 2.22. The summed E-state index contributed by atoms with van der Waals surface area (Å²) in [5.41, 5.74) is 0. The first-order chi connectivity index (χ1) is 9.63. The van der Waals surface area contributed by atoms with Crippen LogP contribution in [0.3, 0.4) is 0 Å². The highest BCUT2D eigenvalue weighted by Crippen LogP contribution is 2.16. The molecule has 1 rings (SSSR count). The first-order valence-corrected chi connectivity index (χ1v) is 6.35. The quantitative estimate of drug-likeness (QED) is 0.318. The van der Waals surface area contributed by atoms with Crippen LogP contribution >= 0.6 is 0 Å². The molecule has 108 valence electrons. The fraction of sp³-hybridized carbons (Fsp3) is 0.333. The van der Waals surface area contributed by atoms with Gasteiger partial charge in [-0.2, -0.15) is 0 Å². The molecule has 0 radical (unpaired) electrons. The van der Waals surface area contributed by atoms with Crippen LogP contribution in [0.4, 0.5) is 4.39 Å². The maximum absolute atomic E-state index is 13.2. The van der Waals surface area contributed by atoms with Gasteiger partial charge >= 0.3 is 11.9 Å². The summed E-state index contributed by atoms with van der Waals surface area (Å²) < 4.78 is 22.9. The summed E-state index contributed by atoms with van der Waals surface area (Å²) in [6.07, 6.45) is 2.72. The zero-order valence-corrected chi connectivity index (χ0v) is 11.1. The fourth-order valence-electron chi connectivity index (χ4n) is 1.41. The Morgan fingerprint density at radius 1 is 1.20 bits per heavy atom. The molecular weight excluding hydrogens is 263 g/mol.